The third kappa shape index (κ3) is 2.24. The molecule has 4 nitrogen and oxygen atoms in total. The van der Waals surface area contributed by atoms with E-state index in [-0.39, 0.29) is 11.9 Å². The predicted octanol–water partition coefficient (Wildman–Crippen LogP) is 1.38. The number of furan rings is 1. The molecule has 5 heteroatoms. The van der Waals surface area contributed by atoms with Gasteiger partial charge >= 0.3 is 0 Å². The molecule has 0 bridgehead atoms. The summed E-state index contributed by atoms with van der Waals surface area (Å²) in [4.78, 5) is 12.2. The van der Waals surface area contributed by atoms with Gasteiger partial charge in [-0.1, -0.05) is 12.2 Å². The largest absolute Gasteiger partial charge is 0.459 e. The van der Waals surface area contributed by atoms with E-state index in [1.54, 1.807) is 6.07 Å². The van der Waals surface area contributed by atoms with Gasteiger partial charge in [0.25, 0.3) is 5.91 Å². The lowest BCUT2D eigenvalue weighted by atomic mass is 10.1. The van der Waals surface area contributed by atoms with E-state index in [0.29, 0.717) is 16.7 Å². The number of carbonyl (C=O) groups excluding carboxylic acids is 1. The number of nitrogens with one attached hydrogen (secondary N) is 1. The minimum absolute atomic E-state index is 0.202. The molecule has 1 aromatic rings. The van der Waals surface area contributed by atoms with Crippen molar-refractivity contribution in [2.24, 2.45) is 11.7 Å². The fourth-order valence-electron chi connectivity index (χ4n) is 1.66. The van der Waals surface area contributed by atoms with Crippen molar-refractivity contribution < 1.29 is 9.21 Å². The first-order valence-electron chi connectivity index (χ1n) is 5.24. The first-order chi connectivity index (χ1) is 7.59. The molecule has 16 heavy (non-hydrogen) atoms. The zero-order chi connectivity index (χ0) is 11.7. The molecule has 0 saturated heterocycles. The summed E-state index contributed by atoms with van der Waals surface area (Å²) in [5.41, 5.74) is 6.42. The van der Waals surface area contributed by atoms with Crippen molar-refractivity contribution in [3.8, 4) is 0 Å². The zero-order valence-electron chi connectivity index (χ0n) is 9.03. The Labute approximate surface area is 99.2 Å². The Morgan fingerprint density at radius 1 is 1.69 bits per heavy atom. The monoisotopic (exact) mass is 238 g/mol. The first-order valence-corrected chi connectivity index (χ1v) is 5.64. The van der Waals surface area contributed by atoms with E-state index >= 15 is 0 Å². The van der Waals surface area contributed by atoms with Crippen LogP contribution in [-0.2, 0) is 0 Å². The van der Waals surface area contributed by atoms with Crippen LogP contribution in [0.5, 0.6) is 0 Å². The normalized spacial score (nSPS) is 16.8. The molecule has 1 heterocycles. The summed E-state index contributed by atoms with van der Waals surface area (Å²) in [6.07, 6.45) is 3.63. The van der Waals surface area contributed by atoms with Crippen molar-refractivity contribution in [1.82, 2.24) is 5.32 Å². The van der Waals surface area contributed by atoms with Crippen LogP contribution in [0.2, 0.25) is 0 Å². The van der Waals surface area contributed by atoms with Crippen molar-refractivity contribution in [3.05, 3.63) is 23.7 Å². The molecule has 86 valence electrons. The van der Waals surface area contributed by atoms with E-state index in [9.17, 15) is 4.79 Å². The van der Waals surface area contributed by atoms with Crippen molar-refractivity contribution in [3.63, 3.8) is 0 Å². The summed E-state index contributed by atoms with van der Waals surface area (Å²) in [6, 6.07) is 1.55. The van der Waals surface area contributed by atoms with Gasteiger partial charge in [0.1, 0.15) is 0 Å². The van der Waals surface area contributed by atoms with E-state index in [1.165, 1.54) is 6.26 Å². The molecular formula is C11H14N2O2S. The van der Waals surface area contributed by atoms with Gasteiger partial charge in [0.15, 0.2) is 5.76 Å². The summed E-state index contributed by atoms with van der Waals surface area (Å²) in [6.45, 7) is 1.82. The van der Waals surface area contributed by atoms with Gasteiger partial charge in [-0.05, 0) is 31.7 Å². The lowest BCUT2D eigenvalue weighted by molar-refractivity contribution is 0.0915. The quantitative estimate of drug-likeness (QED) is 0.778. The number of aryl methyl sites for hydroxylation is 1. The summed E-state index contributed by atoms with van der Waals surface area (Å²) in [5.74, 6) is 0.491. The maximum Gasteiger partial charge on any atom is 0.287 e. The topological polar surface area (TPSA) is 68.3 Å². The van der Waals surface area contributed by atoms with Crippen molar-refractivity contribution in [1.29, 1.82) is 0 Å². The maximum atomic E-state index is 11.9. The molecule has 1 aliphatic rings. The molecule has 1 aliphatic carbocycles. The van der Waals surface area contributed by atoms with E-state index in [0.717, 1.165) is 18.4 Å². The fraction of sp³-hybridized carbons (Fsp3) is 0.455. The van der Waals surface area contributed by atoms with E-state index < -0.39 is 0 Å². The molecular weight excluding hydrogens is 224 g/mol. The second kappa shape index (κ2) is 4.25. The maximum absolute atomic E-state index is 11.9. The van der Waals surface area contributed by atoms with Gasteiger partial charge < -0.3 is 15.5 Å². The molecule has 1 fully saturated rings. The van der Waals surface area contributed by atoms with Gasteiger partial charge in [-0.15, -0.1) is 0 Å². The Kier molecular flexibility index (Phi) is 2.96. The first kappa shape index (κ1) is 11.1. The number of hydrogen-bond donors (Lipinski definition) is 2. The Balaban J connectivity index is 2.06. The van der Waals surface area contributed by atoms with Gasteiger partial charge in [0.2, 0.25) is 0 Å². The third-order valence-electron chi connectivity index (χ3n) is 2.75. The van der Waals surface area contributed by atoms with Crippen molar-refractivity contribution in [2.45, 2.75) is 25.8 Å². The summed E-state index contributed by atoms with van der Waals surface area (Å²) in [5, 5.41) is 2.82. The van der Waals surface area contributed by atoms with Crippen LogP contribution < -0.4 is 11.1 Å². The summed E-state index contributed by atoms with van der Waals surface area (Å²) >= 11 is 4.95. The SMILES string of the molecule is Cc1ccoc1C(=O)NC(C(N)=S)C1CC1. The Hall–Kier alpha value is -1.36. The number of rotatable bonds is 4. The van der Waals surface area contributed by atoms with E-state index in [4.69, 9.17) is 22.4 Å². The average Bonchev–Trinajstić information content (AvgIpc) is 2.96. The Morgan fingerprint density at radius 2 is 2.38 bits per heavy atom. The fourth-order valence-corrected chi connectivity index (χ4v) is 1.91. The zero-order valence-corrected chi connectivity index (χ0v) is 9.84. The van der Waals surface area contributed by atoms with Crippen LogP contribution in [-0.4, -0.2) is 16.9 Å². The molecule has 3 N–H and O–H groups in total. The van der Waals surface area contributed by atoms with Gasteiger partial charge in [-0.2, -0.15) is 0 Å². The number of amides is 1. The van der Waals surface area contributed by atoms with E-state index in [2.05, 4.69) is 5.32 Å². The molecule has 2 rings (SSSR count). The Morgan fingerprint density at radius 3 is 2.81 bits per heavy atom. The minimum Gasteiger partial charge on any atom is -0.459 e. The number of carbonyl (C=O) groups is 1. The predicted molar refractivity (Wildman–Crippen MR) is 64.2 cm³/mol. The molecule has 1 saturated carbocycles. The standard InChI is InChI=1S/C11H14N2O2S/c1-6-4-5-15-9(6)11(14)13-8(10(12)16)7-2-3-7/h4-5,7-8H,2-3H2,1H3,(H2,12,16)(H,13,14). The Bertz CT molecular complexity index is 423. The average molecular weight is 238 g/mol. The molecule has 0 aliphatic heterocycles. The van der Waals surface area contributed by atoms with Gasteiger partial charge in [0.05, 0.1) is 17.3 Å². The highest BCUT2D eigenvalue weighted by Crippen LogP contribution is 2.33. The van der Waals surface area contributed by atoms with Crippen LogP contribution >= 0.6 is 12.2 Å². The third-order valence-corrected chi connectivity index (χ3v) is 3.01. The van der Waals surface area contributed by atoms with Crippen LogP contribution in [0.15, 0.2) is 16.7 Å². The minimum atomic E-state index is -0.243. The lowest BCUT2D eigenvalue weighted by Crippen LogP contribution is -2.45. The van der Waals surface area contributed by atoms with E-state index in [1.807, 2.05) is 6.92 Å². The second-order valence-electron chi connectivity index (χ2n) is 4.12. The van der Waals surface area contributed by atoms with Crippen LogP contribution in [0.25, 0.3) is 0 Å². The smallest absolute Gasteiger partial charge is 0.287 e. The second-order valence-corrected chi connectivity index (χ2v) is 4.60. The molecule has 0 aromatic carbocycles. The molecule has 1 atom stereocenters. The number of hydrogen-bond acceptors (Lipinski definition) is 3. The lowest BCUT2D eigenvalue weighted by Gasteiger charge is -2.15. The highest BCUT2D eigenvalue weighted by Gasteiger charge is 2.34. The summed E-state index contributed by atoms with van der Waals surface area (Å²) < 4.78 is 5.11. The number of thiocarbonyl (C=S) groups is 1. The molecule has 1 amide bonds. The highest BCUT2D eigenvalue weighted by molar-refractivity contribution is 7.80. The highest BCUT2D eigenvalue weighted by atomic mass is 32.1. The van der Waals surface area contributed by atoms with Crippen LogP contribution in [0.4, 0.5) is 0 Å². The summed E-state index contributed by atoms with van der Waals surface area (Å²) in [7, 11) is 0. The molecule has 0 radical (unpaired) electrons. The van der Waals surface area contributed by atoms with Gasteiger partial charge in [-0.3, -0.25) is 4.79 Å². The number of nitrogens with two attached hydrogens (primary N) is 1. The van der Waals surface area contributed by atoms with Gasteiger partial charge in [-0.25, -0.2) is 0 Å². The van der Waals surface area contributed by atoms with Gasteiger partial charge in [0, 0.05) is 5.56 Å². The van der Waals surface area contributed by atoms with Crippen molar-refractivity contribution >= 4 is 23.1 Å². The van der Waals surface area contributed by atoms with Crippen LogP contribution in [0, 0.1) is 12.8 Å². The van der Waals surface area contributed by atoms with Crippen LogP contribution in [0.1, 0.15) is 29.0 Å². The molecule has 1 aromatic heterocycles. The van der Waals surface area contributed by atoms with Crippen LogP contribution in [0.3, 0.4) is 0 Å². The molecule has 0 spiro atoms. The molecule has 1 unspecified atom stereocenters. The van der Waals surface area contributed by atoms with Crippen molar-refractivity contribution in [2.75, 3.05) is 0 Å².